The number of hydrogen-bond donors (Lipinski definition) is 2. The van der Waals surface area contributed by atoms with Gasteiger partial charge in [0.2, 0.25) is 5.91 Å². The topological polar surface area (TPSA) is 64.4 Å². The van der Waals surface area contributed by atoms with Crippen molar-refractivity contribution in [3.05, 3.63) is 53.6 Å². The van der Waals surface area contributed by atoms with E-state index in [4.69, 9.17) is 10.5 Å². The lowest BCUT2D eigenvalue weighted by atomic mass is 10.00. The molecule has 2 aromatic carbocycles. The van der Waals surface area contributed by atoms with E-state index >= 15 is 0 Å². The van der Waals surface area contributed by atoms with Crippen LogP contribution in [-0.4, -0.2) is 19.1 Å². The molecular weight excluding hydrogens is 252 g/mol. The summed E-state index contributed by atoms with van der Waals surface area (Å²) >= 11 is 0. The molecule has 4 nitrogen and oxygen atoms in total. The van der Waals surface area contributed by atoms with E-state index < -0.39 is 5.91 Å². The lowest BCUT2D eigenvalue weighted by molar-refractivity contribution is 0.100. The van der Waals surface area contributed by atoms with Crippen LogP contribution in [0, 0.1) is 0 Å². The number of carbonyl (C=O) groups is 1. The van der Waals surface area contributed by atoms with Crippen molar-refractivity contribution >= 4 is 5.91 Å². The number of rotatable bonds is 2. The average molecular weight is 268 g/mol. The van der Waals surface area contributed by atoms with Gasteiger partial charge in [0, 0.05) is 29.8 Å². The third-order valence-corrected chi connectivity index (χ3v) is 3.42. The van der Waals surface area contributed by atoms with Gasteiger partial charge >= 0.3 is 0 Å². The molecule has 0 radical (unpaired) electrons. The molecule has 0 saturated heterocycles. The minimum atomic E-state index is -0.413. The molecule has 0 aliphatic carbocycles. The molecule has 3 N–H and O–H groups in total. The zero-order chi connectivity index (χ0) is 13.9. The van der Waals surface area contributed by atoms with Gasteiger partial charge in [0.1, 0.15) is 12.4 Å². The minimum Gasteiger partial charge on any atom is -0.491 e. The van der Waals surface area contributed by atoms with Crippen molar-refractivity contribution in [3.63, 3.8) is 0 Å². The summed E-state index contributed by atoms with van der Waals surface area (Å²) in [4.78, 5) is 11.1. The quantitative estimate of drug-likeness (QED) is 0.874. The number of carbonyl (C=O) groups excluding carboxylic acids is 1. The zero-order valence-electron chi connectivity index (χ0n) is 11.1. The molecule has 4 heteroatoms. The summed E-state index contributed by atoms with van der Waals surface area (Å²) in [7, 11) is 0. The summed E-state index contributed by atoms with van der Waals surface area (Å²) in [6.07, 6.45) is 0. The van der Waals surface area contributed by atoms with Crippen molar-refractivity contribution < 1.29 is 9.53 Å². The van der Waals surface area contributed by atoms with Gasteiger partial charge in [-0.15, -0.1) is 0 Å². The van der Waals surface area contributed by atoms with E-state index in [0.717, 1.165) is 35.5 Å². The van der Waals surface area contributed by atoms with Crippen LogP contribution in [0.2, 0.25) is 0 Å². The highest BCUT2D eigenvalue weighted by molar-refractivity contribution is 5.93. The smallest absolute Gasteiger partial charge is 0.248 e. The number of amides is 1. The molecule has 0 atom stereocenters. The van der Waals surface area contributed by atoms with Gasteiger partial charge in [0.25, 0.3) is 0 Å². The average Bonchev–Trinajstić information content (AvgIpc) is 2.72. The van der Waals surface area contributed by atoms with Gasteiger partial charge < -0.3 is 15.8 Å². The molecule has 0 spiro atoms. The number of ether oxygens (including phenoxy) is 1. The maximum Gasteiger partial charge on any atom is 0.248 e. The molecular formula is C16H16N2O2. The molecule has 1 amide bonds. The van der Waals surface area contributed by atoms with Crippen molar-refractivity contribution in [1.82, 2.24) is 5.32 Å². The minimum absolute atomic E-state index is 0.413. The van der Waals surface area contributed by atoms with Crippen LogP contribution in [0.4, 0.5) is 0 Å². The summed E-state index contributed by atoms with van der Waals surface area (Å²) in [6.45, 7) is 2.31. The van der Waals surface area contributed by atoms with Crippen LogP contribution >= 0.6 is 0 Å². The second kappa shape index (κ2) is 5.35. The van der Waals surface area contributed by atoms with Crippen molar-refractivity contribution in [1.29, 1.82) is 0 Å². The van der Waals surface area contributed by atoms with Crippen molar-refractivity contribution in [2.75, 3.05) is 13.2 Å². The van der Waals surface area contributed by atoms with E-state index in [1.807, 2.05) is 24.3 Å². The number of para-hydroxylation sites is 1. The van der Waals surface area contributed by atoms with E-state index in [9.17, 15) is 4.79 Å². The lowest BCUT2D eigenvalue weighted by Gasteiger charge is -2.13. The van der Waals surface area contributed by atoms with E-state index in [1.165, 1.54) is 0 Å². The first-order chi connectivity index (χ1) is 9.75. The molecule has 3 rings (SSSR count). The van der Waals surface area contributed by atoms with Gasteiger partial charge in [-0.2, -0.15) is 0 Å². The third-order valence-electron chi connectivity index (χ3n) is 3.42. The second-order valence-electron chi connectivity index (χ2n) is 4.76. The van der Waals surface area contributed by atoms with Gasteiger partial charge in [0.05, 0.1) is 0 Å². The Hall–Kier alpha value is -2.33. The van der Waals surface area contributed by atoms with Crippen molar-refractivity contribution in [2.24, 2.45) is 5.73 Å². The van der Waals surface area contributed by atoms with Crippen LogP contribution in [-0.2, 0) is 6.54 Å². The van der Waals surface area contributed by atoms with Gasteiger partial charge in [-0.1, -0.05) is 30.3 Å². The Labute approximate surface area is 117 Å². The molecule has 1 heterocycles. The molecule has 1 aliphatic heterocycles. The van der Waals surface area contributed by atoms with Crippen LogP contribution in [0.5, 0.6) is 5.75 Å². The first-order valence-corrected chi connectivity index (χ1v) is 6.61. The summed E-state index contributed by atoms with van der Waals surface area (Å²) in [5, 5.41) is 3.32. The maximum absolute atomic E-state index is 11.1. The number of benzene rings is 2. The summed E-state index contributed by atoms with van der Waals surface area (Å²) in [5.41, 5.74) is 8.99. The van der Waals surface area contributed by atoms with E-state index in [1.54, 1.807) is 12.1 Å². The van der Waals surface area contributed by atoms with Crippen molar-refractivity contribution in [2.45, 2.75) is 6.54 Å². The fourth-order valence-corrected chi connectivity index (χ4v) is 2.38. The first kappa shape index (κ1) is 12.7. The molecule has 0 aromatic heterocycles. The maximum atomic E-state index is 11.1. The SMILES string of the molecule is NC(=O)c1ccc(-c2cccc3c2OCCNC3)cc1. The second-order valence-corrected chi connectivity index (χ2v) is 4.76. The highest BCUT2D eigenvalue weighted by Crippen LogP contribution is 2.34. The summed E-state index contributed by atoms with van der Waals surface area (Å²) in [5.74, 6) is 0.508. The van der Waals surface area contributed by atoms with Crippen LogP contribution < -0.4 is 15.8 Å². The van der Waals surface area contributed by atoms with Crippen LogP contribution in [0.15, 0.2) is 42.5 Å². The monoisotopic (exact) mass is 268 g/mol. The molecule has 0 saturated carbocycles. The summed E-state index contributed by atoms with van der Waals surface area (Å²) < 4.78 is 5.86. The van der Waals surface area contributed by atoms with E-state index in [2.05, 4.69) is 11.4 Å². The zero-order valence-corrected chi connectivity index (χ0v) is 11.1. The van der Waals surface area contributed by atoms with Crippen molar-refractivity contribution in [3.8, 4) is 16.9 Å². The van der Waals surface area contributed by atoms with E-state index in [-0.39, 0.29) is 0 Å². The summed E-state index contributed by atoms with van der Waals surface area (Å²) in [6, 6.07) is 13.4. The number of fused-ring (bicyclic) bond motifs is 1. The van der Waals surface area contributed by atoms with Gasteiger partial charge in [-0.05, 0) is 17.7 Å². The predicted octanol–water partition coefficient (Wildman–Crippen LogP) is 1.93. The lowest BCUT2D eigenvalue weighted by Crippen LogP contribution is -2.16. The van der Waals surface area contributed by atoms with Gasteiger partial charge in [-0.3, -0.25) is 4.79 Å². The van der Waals surface area contributed by atoms with Crippen LogP contribution in [0.1, 0.15) is 15.9 Å². The fraction of sp³-hybridized carbons (Fsp3) is 0.188. The molecule has 1 aliphatic rings. The Morgan fingerprint density at radius 3 is 2.70 bits per heavy atom. The molecule has 2 aromatic rings. The fourth-order valence-electron chi connectivity index (χ4n) is 2.38. The Balaban J connectivity index is 2.03. The molecule has 102 valence electrons. The number of hydrogen-bond acceptors (Lipinski definition) is 3. The Kier molecular flexibility index (Phi) is 3.39. The molecule has 0 fully saturated rings. The van der Waals surface area contributed by atoms with Crippen LogP contribution in [0.3, 0.4) is 0 Å². The highest BCUT2D eigenvalue weighted by Gasteiger charge is 2.14. The standard InChI is InChI=1S/C16H16N2O2/c17-16(19)12-6-4-11(5-7-12)14-3-1-2-13-10-18-8-9-20-15(13)14/h1-7,18H,8-10H2,(H2,17,19). The Bertz CT molecular complexity index is 635. The number of primary amides is 1. The first-order valence-electron chi connectivity index (χ1n) is 6.61. The Morgan fingerprint density at radius 2 is 1.95 bits per heavy atom. The van der Waals surface area contributed by atoms with Gasteiger partial charge in [-0.25, -0.2) is 0 Å². The normalized spacial score (nSPS) is 14.0. The molecule has 0 bridgehead atoms. The Morgan fingerprint density at radius 1 is 1.15 bits per heavy atom. The predicted molar refractivity (Wildman–Crippen MR) is 77.6 cm³/mol. The number of nitrogens with one attached hydrogen (secondary N) is 1. The van der Waals surface area contributed by atoms with Crippen LogP contribution in [0.25, 0.3) is 11.1 Å². The highest BCUT2D eigenvalue weighted by atomic mass is 16.5. The number of nitrogens with two attached hydrogens (primary N) is 1. The molecule has 20 heavy (non-hydrogen) atoms. The van der Waals surface area contributed by atoms with Gasteiger partial charge in [0.15, 0.2) is 0 Å². The molecule has 0 unspecified atom stereocenters. The third kappa shape index (κ3) is 2.38. The largest absolute Gasteiger partial charge is 0.491 e. The van der Waals surface area contributed by atoms with E-state index in [0.29, 0.717) is 12.2 Å².